The largest absolute Gasteiger partial charge is 0.320 e. The van der Waals surface area contributed by atoms with Gasteiger partial charge in [-0.05, 0) is 43.7 Å². The number of H-pyrrole nitrogens is 2. The van der Waals surface area contributed by atoms with Crippen molar-refractivity contribution in [3.05, 3.63) is 51.0 Å². The van der Waals surface area contributed by atoms with E-state index in [1.54, 1.807) is 11.3 Å². The Morgan fingerprint density at radius 3 is 2.93 bits per heavy atom. The van der Waals surface area contributed by atoms with Gasteiger partial charge in [-0.25, -0.2) is 9.97 Å². The highest BCUT2D eigenvalue weighted by atomic mass is 32.1. The first-order valence-corrected chi connectivity index (χ1v) is 11.5. The van der Waals surface area contributed by atoms with E-state index in [2.05, 4.69) is 40.8 Å². The number of hydrogen-bond donors (Lipinski definition) is 2. The third-order valence-corrected chi connectivity index (χ3v) is 7.79. The summed E-state index contributed by atoms with van der Waals surface area (Å²) in [7, 11) is 0. The van der Waals surface area contributed by atoms with Gasteiger partial charge in [-0.1, -0.05) is 13.0 Å². The van der Waals surface area contributed by atoms with Crippen molar-refractivity contribution in [2.24, 2.45) is 5.92 Å². The number of nitrogens with zero attached hydrogens (tertiary/aromatic N) is 2. The first-order chi connectivity index (χ1) is 14.1. The van der Waals surface area contributed by atoms with Crippen LogP contribution in [0.4, 0.5) is 5.82 Å². The number of pyridine rings is 1. The van der Waals surface area contributed by atoms with Crippen LogP contribution >= 0.6 is 11.3 Å². The summed E-state index contributed by atoms with van der Waals surface area (Å²) < 4.78 is 0. The van der Waals surface area contributed by atoms with Crippen LogP contribution in [0.25, 0.3) is 10.2 Å². The zero-order valence-corrected chi connectivity index (χ0v) is 17.9. The molecule has 5 rings (SSSR count). The molecule has 7 heteroatoms. The highest BCUT2D eigenvalue weighted by Crippen LogP contribution is 2.35. The molecule has 0 saturated carbocycles. The van der Waals surface area contributed by atoms with E-state index in [4.69, 9.17) is 4.98 Å². The number of rotatable bonds is 3. The molecule has 0 radical (unpaired) electrons. The lowest BCUT2D eigenvalue weighted by Gasteiger charge is -2.31. The summed E-state index contributed by atoms with van der Waals surface area (Å²) in [6.45, 7) is 8.55. The van der Waals surface area contributed by atoms with Gasteiger partial charge in [-0.3, -0.25) is 9.69 Å². The smallest absolute Gasteiger partial charge is 0.274 e. The first-order valence-electron chi connectivity index (χ1n) is 10.7. The molecule has 29 heavy (non-hydrogen) atoms. The Labute approximate surface area is 174 Å². The van der Waals surface area contributed by atoms with E-state index >= 15 is 0 Å². The van der Waals surface area contributed by atoms with Crippen molar-refractivity contribution in [3.8, 4) is 0 Å². The van der Waals surface area contributed by atoms with Crippen LogP contribution in [0, 0.1) is 5.92 Å². The molecule has 3 aromatic rings. The monoisotopic (exact) mass is 411 g/mol. The van der Waals surface area contributed by atoms with Gasteiger partial charge in [0.25, 0.3) is 11.4 Å². The van der Waals surface area contributed by atoms with E-state index < -0.39 is 0 Å². The first kappa shape index (κ1) is 18.8. The third-order valence-electron chi connectivity index (χ3n) is 6.65. The second-order valence-electron chi connectivity index (χ2n) is 8.60. The van der Waals surface area contributed by atoms with Gasteiger partial charge in [-0.2, -0.15) is 0 Å². The molecule has 2 aliphatic rings. The number of aryl methyl sites for hydroxylation is 1. The van der Waals surface area contributed by atoms with Gasteiger partial charge in [0.2, 0.25) is 0 Å². The Morgan fingerprint density at radius 2 is 2.17 bits per heavy atom. The van der Waals surface area contributed by atoms with Crippen LogP contribution in [0.15, 0.2) is 29.2 Å². The lowest BCUT2D eigenvalue weighted by Crippen LogP contribution is -3.15. The maximum atomic E-state index is 12.9. The second kappa shape index (κ2) is 7.54. The predicted octanol–water partition coefficient (Wildman–Crippen LogP) is 1.39. The quantitative estimate of drug-likeness (QED) is 0.684. The van der Waals surface area contributed by atoms with Crippen LogP contribution in [-0.2, 0) is 12.8 Å². The molecule has 0 bridgehead atoms. The Balaban J connectivity index is 1.36. The normalized spacial score (nSPS) is 21.3. The lowest BCUT2D eigenvalue weighted by atomic mass is 9.89. The minimum absolute atomic E-state index is 0.0563. The third kappa shape index (κ3) is 3.46. The molecule has 3 N–H and O–H groups in total. The second-order valence-corrected chi connectivity index (χ2v) is 9.68. The van der Waals surface area contributed by atoms with Gasteiger partial charge < -0.3 is 9.88 Å². The molecule has 0 amide bonds. The van der Waals surface area contributed by atoms with Crippen molar-refractivity contribution in [2.45, 2.75) is 39.2 Å². The summed E-state index contributed by atoms with van der Waals surface area (Å²) in [4.78, 5) is 30.5. The Morgan fingerprint density at radius 1 is 1.34 bits per heavy atom. The van der Waals surface area contributed by atoms with Crippen molar-refractivity contribution in [1.82, 2.24) is 9.97 Å². The maximum absolute atomic E-state index is 12.9. The Bertz CT molecular complexity index is 1070. The van der Waals surface area contributed by atoms with Crippen molar-refractivity contribution in [3.63, 3.8) is 0 Å². The van der Waals surface area contributed by atoms with Gasteiger partial charge in [0.05, 0.1) is 11.6 Å². The fourth-order valence-electron chi connectivity index (χ4n) is 4.81. The zero-order chi connectivity index (χ0) is 20.0. The van der Waals surface area contributed by atoms with E-state index in [1.807, 2.05) is 12.3 Å². The number of thiophene rings is 1. The van der Waals surface area contributed by atoms with Crippen LogP contribution in [-0.4, -0.2) is 36.1 Å². The summed E-state index contributed by atoms with van der Waals surface area (Å²) >= 11 is 1.74. The molecule has 1 fully saturated rings. The van der Waals surface area contributed by atoms with E-state index in [9.17, 15) is 4.79 Å². The van der Waals surface area contributed by atoms with Gasteiger partial charge >= 0.3 is 0 Å². The van der Waals surface area contributed by atoms with Crippen LogP contribution in [0.2, 0.25) is 0 Å². The molecule has 4 heterocycles. The molecular weight excluding hydrogens is 382 g/mol. The molecule has 1 aliphatic heterocycles. The predicted molar refractivity (Wildman–Crippen MR) is 116 cm³/mol. The number of hydrogen-bond acceptors (Lipinski definition) is 4. The molecule has 6 nitrogen and oxygen atoms in total. The summed E-state index contributed by atoms with van der Waals surface area (Å²) in [5.74, 6) is 2.71. The van der Waals surface area contributed by atoms with Crippen LogP contribution in [0.5, 0.6) is 0 Å². The van der Waals surface area contributed by atoms with Crippen molar-refractivity contribution in [1.29, 1.82) is 0 Å². The number of piperazine rings is 1. The summed E-state index contributed by atoms with van der Waals surface area (Å²) in [6.07, 6.45) is 5.25. The fraction of sp³-hybridized carbons (Fsp3) is 0.500. The number of anilines is 1. The van der Waals surface area contributed by atoms with E-state index in [0.29, 0.717) is 5.92 Å². The van der Waals surface area contributed by atoms with Gasteiger partial charge in [0.1, 0.15) is 37.1 Å². The SMILES string of the molecule is C[C@H]1CCc2c(sc3nc([C@@H](C)[NH+]4CCN(c5cccc[nH+]5)CC4)[nH]c(=O)c23)C1. The number of nitrogens with one attached hydrogen (secondary N) is 3. The van der Waals surface area contributed by atoms with E-state index in [-0.39, 0.29) is 11.6 Å². The summed E-state index contributed by atoms with van der Waals surface area (Å²) in [5.41, 5.74) is 1.32. The highest BCUT2D eigenvalue weighted by Gasteiger charge is 2.31. The highest BCUT2D eigenvalue weighted by molar-refractivity contribution is 7.18. The standard InChI is InChI=1S/C22H27N5OS/c1-14-6-7-16-17(13-14)29-22-19(16)21(28)24-20(25-22)15(2)26-9-11-27(12-10-26)18-5-3-4-8-23-18/h3-5,8,14-15H,6-7,9-13H2,1-2H3,(H,24,25,28)/p+2/t14-,15+/m0/s1. The van der Waals surface area contributed by atoms with Gasteiger partial charge in [0.15, 0.2) is 5.82 Å². The van der Waals surface area contributed by atoms with Crippen molar-refractivity contribution < 1.29 is 9.88 Å². The average Bonchev–Trinajstić information content (AvgIpc) is 3.11. The number of quaternary nitrogens is 1. The van der Waals surface area contributed by atoms with Gasteiger partial charge in [0, 0.05) is 10.9 Å². The summed E-state index contributed by atoms with van der Waals surface area (Å²) in [6, 6.07) is 6.39. The molecular formula is C22H29N5OS+2. The van der Waals surface area contributed by atoms with Crippen molar-refractivity contribution >= 4 is 27.4 Å². The molecule has 0 aromatic carbocycles. The molecule has 2 atom stereocenters. The number of aromatic amines is 2. The number of aromatic nitrogens is 3. The topological polar surface area (TPSA) is 67.6 Å². The minimum atomic E-state index is 0.0563. The van der Waals surface area contributed by atoms with E-state index in [0.717, 1.165) is 55.1 Å². The van der Waals surface area contributed by atoms with Crippen molar-refractivity contribution in [2.75, 3.05) is 31.1 Å². The average molecular weight is 412 g/mol. The Hall–Kier alpha value is -2.25. The zero-order valence-electron chi connectivity index (χ0n) is 17.1. The molecule has 1 saturated heterocycles. The molecule has 3 aromatic heterocycles. The lowest BCUT2D eigenvalue weighted by molar-refractivity contribution is -0.931. The molecule has 152 valence electrons. The maximum Gasteiger partial charge on any atom is 0.274 e. The molecule has 0 unspecified atom stereocenters. The Kier molecular flexibility index (Phi) is 4.87. The molecule has 0 spiro atoms. The molecule has 1 aliphatic carbocycles. The minimum Gasteiger partial charge on any atom is -0.320 e. The summed E-state index contributed by atoms with van der Waals surface area (Å²) in [5, 5.41) is 0.854. The van der Waals surface area contributed by atoms with Gasteiger partial charge in [-0.15, -0.1) is 11.3 Å². The van der Waals surface area contributed by atoms with E-state index in [1.165, 1.54) is 27.6 Å². The number of fused-ring (bicyclic) bond motifs is 3. The van der Waals surface area contributed by atoms with Crippen LogP contribution < -0.4 is 20.3 Å². The van der Waals surface area contributed by atoms with Crippen LogP contribution in [0.3, 0.4) is 0 Å². The fourth-order valence-corrected chi connectivity index (χ4v) is 6.20. The van der Waals surface area contributed by atoms with Crippen LogP contribution in [0.1, 0.15) is 42.6 Å².